The number of carbonyl (C=O) groups excluding carboxylic acids is 1. The van der Waals surface area contributed by atoms with E-state index in [1.54, 1.807) is 18.2 Å². The van der Waals surface area contributed by atoms with Gasteiger partial charge in [0.15, 0.2) is 0 Å². The van der Waals surface area contributed by atoms with Crippen molar-refractivity contribution in [1.82, 2.24) is 0 Å². The van der Waals surface area contributed by atoms with Crippen LogP contribution in [0.4, 0.5) is 5.69 Å². The van der Waals surface area contributed by atoms with Gasteiger partial charge in [-0.2, -0.15) is 0 Å². The zero-order valence-electron chi connectivity index (χ0n) is 10.8. The van der Waals surface area contributed by atoms with E-state index in [0.29, 0.717) is 27.2 Å². The van der Waals surface area contributed by atoms with E-state index in [4.69, 9.17) is 29.6 Å². The van der Waals surface area contributed by atoms with Crippen LogP contribution in [0, 0.1) is 11.8 Å². The number of nitrogens with one attached hydrogen (secondary N) is 1. The Kier molecular flexibility index (Phi) is 4.42. The molecule has 0 bridgehead atoms. The number of carbonyl (C=O) groups is 1. The van der Waals surface area contributed by atoms with E-state index in [0.717, 1.165) is 19.3 Å². The average molecular weight is 297 g/mol. The number of amides is 1. The molecule has 2 rings (SSSR count). The molecule has 1 aliphatic rings. The smallest absolute Gasteiger partial charge is 0.227 e. The third-order valence-electron chi connectivity index (χ3n) is 3.71. The first-order valence-corrected chi connectivity index (χ1v) is 7.18. The van der Waals surface area contributed by atoms with Gasteiger partial charge in [0.1, 0.15) is 4.99 Å². The molecular formula is C14H17ClN2OS. The number of halogens is 1. The Bertz CT molecular complexity index is 518. The van der Waals surface area contributed by atoms with Gasteiger partial charge in [0, 0.05) is 11.5 Å². The largest absolute Gasteiger partial charge is 0.389 e. The number of hydrogen-bond acceptors (Lipinski definition) is 2. The van der Waals surface area contributed by atoms with Crippen LogP contribution >= 0.6 is 23.8 Å². The molecule has 19 heavy (non-hydrogen) atoms. The Labute approximate surface area is 123 Å². The van der Waals surface area contributed by atoms with E-state index in [1.165, 1.54) is 0 Å². The number of benzene rings is 1. The van der Waals surface area contributed by atoms with Crippen LogP contribution in [0.5, 0.6) is 0 Å². The molecule has 1 aromatic carbocycles. The quantitative estimate of drug-likeness (QED) is 0.841. The molecule has 2 unspecified atom stereocenters. The molecule has 0 radical (unpaired) electrons. The molecule has 0 aromatic heterocycles. The molecule has 1 aliphatic carbocycles. The van der Waals surface area contributed by atoms with Gasteiger partial charge in [-0.15, -0.1) is 0 Å². The maximum Gasteiger partial charge on any atom is 0.227 e. The van der Waals surface area contributed by atoms with Gasteiger partial charge < -0.3 is 11.1 Å². The molecule has 3 N–H and O–H groups in total. The van der Waals surface area contributed by atoms with Crippen LogP contribution in [0.25, 0.3) is 0 Å². The van der Waals surface area contributed by atoms with Crippen LogP contribution in [-0.2, 0) is 4.79 Å². The third kappa shape index (κ3) is 3.25. The second-order valence-electron chi connectivity index (χ2n) is 5.06. The highest BCUT2D eigenvalue weighted by Gasteiger charge is 2.29. The summed E-state index contributed by atoms with van der Waals surface area (Å²) < 4.78 is 0. The van der Waals surface area contributed by atoms with Gasteiger partial charge in [-0.3, -0.25) is 4.79 Å². The second-order valence-corrected chi connectivity index (χ2v) is 5.91. The van der Waals surface area contributed by atoms with E-state index in [1.807, 2.05) is 0 Å². The van der Waals surface area contributed by atoms with Crippen LogP contribution in [-0.4, -0.2) is 10.9 Å². The molecule has 0 saturated heterocycles. The summed E-state index contributed by atoms with van der Waals surface area (Å²) in [6.45, 7) is 2.12. The number of thiocarbonyl (C=S) groups is 1. The zero-order chi connectivity index (χ0) is 14.0. The molecule has 0 aliphatic heterocycles. The molecule has 2 atom stereocenters. The first-order chi connectivity index (χ1) is 8.99. The lowest BCUT2D eigenvalue weighted by molar-refractivity contribution is -0.120. The van der Waals surface area contributed by atoms with Crippen molar-refractivity contribution in [2.75, 3.05) is 5.32 Å². The standard InChI is InChI=1S/C14H17ClN2OS/c1-8-3-2-4-10(8)14(18)17-12-6-5-9(13(16)19)7-11(12)15/h5-8,10H,2-4H2,1H3,(H2,16,19)(H,17,18). The van der Waals surface area contributed by atoms with Crippen LogP contribution in [0.3, 0.4) is 0 Å². The molecule has 1 saturated carbocycles. The van der Waals surface area contributed by atoms with Crippen molar-refractivity contribution >= 4 is 40.4 Å². The van der Waals surface area contributed by atoms with Crippen molar-refractivity contribution in [3.63, 3.8) is 0 Å². The van der Waals surface area contributed by atoms with Gasteiger partial charge in [-0.1, -0.05) is 37.2 Å². The van der Waals surface area contributed by atoms with Crippen LogP contribution in [0.1, 0.15) is 31.7 Å². The lowest BCUT2D eigenvalue weighted by Crippen LogP contribution is -2.24. The Morgan fingerprint density at radius 2 is 2.21 bits per heavy atom. The van der Waals surface area contributed by atoms with Crippen LogP contribution in [0.2, 0.25) is 5.02 Å². The molecule has 5 heteroatoms. The minimum absolute atomic E-state index is 0.0509. The van der Waals surface area contributed by atoms with Gasteiger partial charge in [0.2, 0.25) is 5.91 Å². The summed E-state index contributed by atoms with van der Waals surface area (Å²) in [6, 6.07) is 5.19. The minimum atomic E-state index is 0.0509. The number of nitrogens with two attached hydrogens (primary N) is 1. The average Bonchev–Trinajstić information content (AvgIpc) is 2.77. The number of hydrogen-bond donors (Lipinski definition) is 2. The van der Waals surface area contributed by atoms with Crippen LogP contribution in [0.15, 0.2) is 18.2 Å². The normalized spacial score (nSPS) is 22.2. The zero-order valence-corrected chi connectivity index (χ0v) is 12.4. The lowest BCUT2D eigenvalue weighted by Gasteiger charge is -2.16. The summed E-state index contributed by atoms with van der Waals surface area (Å²) in [6.07, 6.45) is 3.19. The molecule has 3 nitrogen and oxygen atoms in total. The third-order valence-corrected chi connectivity index (χ3v) is 4.26. The summed E-state index contributed by atoms with van der Waals surface area (Å²) in [5.74, 6) is 0.580. The lowest BCUT2D eigenvalue weighted by atomic mass is 9.97. The summed E-state index contributed by atoms with van der Waals surface area (Å²) in [5, 5.41) is 3.36. The van der Waals surface area contributed by atoms with Gasteiger partial charge in [0.25, 0.3) is 0 Å². The predicted molar refractivity (Wildman–Crippen MR) is 82.5 cm³/mol. The van der Waals surface area contributed by atoms with Crippen molar-refractivity contribution in [2.24, 2.45) is 17.6 Å². The summed E-state index contributed by atoms with van der Waals surface area (Å²) in [4.78, 5) is 12.5. The summed E-state index contributed by atoms with van der Waals surface area (Å²) in [5.41, 5.74) is 6.85. The fraction of sp³-hybridized carbons (Fsp3) is 0.429. The van der Waals surface area contributed by atoms with Gasteiger partial charge >= 0.3 is 0 Å². The van der Waals surface area contributed by atoms with Crippen molar-refractivity contribution in [3.8, 4) is 0 Å². The van der Waals surface area contributed by atoms with Crippen molar-refractivity contribution < 1.29 is 4.79 Å². The molecule has 0 spiro atoms. The fourth-order valence-corrected chi connectivity index (χ4v) is 2.88. The molecule has 1 amide bonds. The van der Waals surface area contributed by atoms with Gasteiger partial charge in [0.05, 0.1) is 10.7 Å². The first kappa shape index (κ1) is 14.3. The number of anilines is 1. The maximum absolute atomic E-state index is 12.2. The predicted octanol–water partition coefficient (Wildman–Crippen LogP) is 3.35. The molecule has 1 fully saturated rings. The van der Waals surface area contributed by atoms with E-state index in [-0.39, 0.29) is 11.8 Å². The summed E-state index contributed by atoms with van der Waals surface area (Å²) >= 11 is 11.0. The molecule has 0 heterocycles. The van der Waals surface area contributed by atoms with E-state index in [9.17, 15) is 4.79 Å². The number of rotatable bonds is 3. The van der Waals surface area contributed by atoms with Crippen LogP contribution < -0.4 is 11.1 Å². The fourth-order valence-electron chi connectivity index (χ4n) is 2.53. The summed E-state index contributed by atoms with van der Waals surface area (Å²) in [7, 11) is 0. The molecule has 102 valence electrons. The Morgan fingerprint density at radius 3 is 2.74 bits per heavy atom. The monoisotopic (exact) mass is 296 g/mol. The SMILES string of the molecule is CC1CCCC1C(=O)Nc1ccc(C(N)=S)cc1Cl. The topological polar surface area (TPSA) is 55.1 Å². The highest BCUT2D eigenvalue weighted by Crippen LogP contribution is 2.33. The van der Waals surface area contributed by atoms with Crippen molar-refractivity contribution in [3.05, 3.63) is 28.8 Å². The second kappa shape index (κ2) is 5.88. The van der Waals surface area contributed by atoms with E-state index >= 15 is 0 Å². The van der Waals surface area contributed by atoms with E-state index in [2.05, 4.69) is 12.2 Å². The minimum Gasteiger partial charge on any atom is -0.389 e. The highest BCUT2D eigenvalue weighted by atomic mass is 35.5. The van der Waals surface area contributed by atoms with Crippen molar-refractivity contribution in [1.29, 1.82) is 0 Å². The molecular weight excluding hydrogens is 280 g/mol. The Hall–Kier alpha value is -1.13. The van der Waals surface area contributed by atoms with Crippen molar-refractivity contribution in [2.45, 2.75) is 26.2 Å². The first-order valence-electron chi connectivity index (χ1n) is 6.39. The molecule has 1 aromatic rings. The Morgan fingerprint density at radius 1 is 1.47 bits per heavy atom. The van der Waals surface area contributed by atoms with Gasteiger partial charge in [-0.25, -0.2) is 0 Å². The van der Waals surface area contributed by atoms with Gasteiger partial charge in [-0.05, 0) is 37.0 Å². The highest BCUT2D eigenvalue weighted by molar-refractivity contribution is 7.80. The van der Waals surface area contributed by atoms with E-state index < -0.39 is 0 Å². The maximum atomic E-state index is 12.2. The Balaban J connectivity index is 2.11.